The lowest BCUT2D eigenvalue weighted by Crippen LogP contribution is -2.44. The molecule has 1 aliphatic heterocycles. The topological polar surface area (TPSA) is 18.5 Å². The van der Waals surface area contributed by atoms with Crippen LogP contribution in [0.25, 0.3) is 0 Å². The van der Waals surface area contributed by atoms with Crippen molar-refractivity contribution in [1.29, 1.82) is 0 Å². The Bertz CT molecular complexity index is 262. The molecular formula is C14H27O2P. The van der Waals surface area contributed by atoms with Crippen LogP contribution in [0, 0.1) is 5.41 Å². The first-order valence-corrected chi connectivity index (χ1v) is 6.92. The van der Waals surface area contributed by atoms with Gasteiger partial charge in [-0.1, -0.05) is 41.2 Å². The standard InChI is InChI=1S/C14H27O2P/c1-7-12-15-10(9-14(5,6)17)8-11(16-12)13(2,3)4/h7,10-12H,1,8-9,17H2,2-6H3. The molecule has 0 spiro atoms. The fourth-order valence-electron chi connectivity index (χ4n) is 2.12. The summed E-state index contributed by atoms with van der Waals surface area (Å²) in [5, 5.41) is 0.205. The third-order valence-electron chi connectivity index (χ3n) is 3.01. The van der Waals surface area contributed by atoms with E-state index in [4.69, 9.17) is 9.47 Å². The molecular weight excluding hydrogens is 231 g/mol. The van der Waals surface area contributed by atoms with E-state index in [0.717, 1.165) is 12.8 Å². The van der Waals surface area contributed by atoms with E-state index in [1.54, 1.807) is 6.08 Å². The van der Waals surface area contributed by atoms with Crippen molar-refractivity contribution in [3.63, 3.8) is 0 Å². The van der Waals surface area contributed by atoms with Gasteiger partial charge in [-0.3, -0.25) is 0 Å². The Kier molecular flexibility index (Phi) is 4.80. The molecule has 4 unspecified atom stereocenters. The third-order valence-corrected chi connectivity index (χ3v) is 3.25. The average Bonchev–Trinajstić information content (AvgIpc) is 2.13. The van der Waals surface area contributed by atoms with Crippen LogP contribution in [-0.4, -0.2) is 23.7 Å². The summed E-state index contributed by atoms with van der Waals surface area (Å²) in [7, 11) is 2.89. The van der Waals surface area contributed by atoms with Gasteiger partial charge < -0.3 is 9.47 Å². The van der Waals surface area contributed by atoms with Gasteiger partial charge in [0.1, 0.15) is 0 Å². The minimum atomic E-state index is -0.259. The molecule has 0 N–H and O–H groups in total. The molecule has 0 amide bonds. The van der Waals surface area contributed by atoms with Gasteiger partial charge in [0.25, 0.3) is 0 Å². The predicted octanol–water partition coefficient (Wildman–Crippen LogP) is 3.76. The van der Waals surface area contributed by atoms with E-state index in [-0.39, 0.29) is 29.1 Å². The molecule has 0 saturated carbocycles. The summed E-state index contributed by atoms with van der Waals surface area (Å²) in [6.07, 6.45) is 3.97. The van der Waals surface area contributed by atoms with Crippen LogP contribution in [0.2, 0.25) is 0 Å². The lowest BCUT2D eigenvalue weighted by molar-refractivity contribution is -0.242. The van der Waals surface area contributed by atoms with Gasteiger partial charge in [0.15, 0.2) is 6.29 Å². The molecule has 2 nitrogen and oxygen atoms in total. The van der Waals surface area contributed by atoms with Crippen molar-refractivity contribution in [3.05, 3.63) is 12.7 Å². The van der Waals surface area contributed by atoms with Crippen molar-refractivity contribution >= 4 is 9.24 Å². The second-order valence-corrected chi connectivity index (χ2v) is 8.34. The molecule has 1 aliphatic rings. The molecule has 0 aromatic rings. The highest BCUT2D eigenvalue weighted by atomic mass is 31.0. The quantitative estimate of drug-likeness (QED) is 0.567. The normalized spacial score (nSPS) is 31.3. The molecule has 17 heavy (non-hydrogen) atoms. The molecule has 4 atom stereocenters. The van der Waals surface area contributed by atoms with Gasteiger partial charge in [0.2, 0.25) is 0 Å². The Hall–Kier alpha value is 0.0900. The molecule has 0 aliphatic carbocycles. The molecule has 0 radical (unpaired) electrons. The first-order chi connectivity index (χ1) is 7.62. The third kappa shape index (κ3) is 5.07. The molecule has 0 bridgehead atoms. The van der Waals surface area contributed by atoms with Crippen LogP contribution in [0.1, 0.15) is 47.5 Å². The minimum absolute atomic E-state index is 0.147. The zero-order valence-electron chi connectivity index (χ0n) is 11.8. The summed E-state index contributed by atoms with van der Waals surface area (Å²) in [5.74, 6) is 0. The van der Waals surface area contributed by atoms with E-state index in [1.807, 2.05) is 0 Å². The average molecular weight is 258 g/mol. The molecule has 3 heteroatoms. The molecule has 1 saturated heterocycles. The van der Waals surface area contributed by atoms with Crippen molar-refractivity contribution < 1.29 is 9.47 Å². The summed E-state index contributed by atoms with van der Waals surface area (Å²) < 4.78 is 11.8. The van der Waals surface area contributed by atoms with Gasteiger partial charge in [-0.15, -0.1) is 9.24 Å². The number of ether oxygens (including phenoxy) is 2. The maximum atomic E-state index is 5.90. The van der Waals surface area contributed by atoms with Crippen LogP contribution in [0.3, 0.4) is 0 Å². The van der Waals surface area contributed by atoms with E-state index in [2.05, 4.69) is 50.4 Å². The number of hydrogen-bond donors (Lipinski definition) is 0. The fraction of sp³-hybridized carbons (Fsp3) is 0.857. The molecule has 0 aromatic carbocycles. The van der Waals surface area contributed by atoms with Gasteiger partial charge in [-0.05, 0) is 23.1 Å². The molecule has 0 aromatic heterocycles. The Morgan fingerprint density at radius 2 is 1.82 bits per heavy atom. The Labute approximate surface area is 108 Å². The van der Waals surface area contributed by atoms with Crippen molar-refractivity contribution in [1.82, 2.24) is 0 Å². The minimum Gasteiger partial charge on any atom is -0.346 e. The van der Waals surface area contributed by atoms with E-state index in [1.165, 1.54) is 0 Å². The molecule has 1 fully saturated rings. The fourth-order valence-corrected chi connectivity index (χ4v) is 2.38. The molecule has 1 rings (SSSR count). The molecule has 100 valence electrons. The summed E-state index contributed by atoms with van der Waals surface area (Å²) in [4.78, 5) is 0. The van der Waals surface area contributed by atoms with Crippen LogP contribution >= 0.6 is 9.24 Å². The largest absolute Gasteiger partial charge is 0.346 e. The zero-order valence-corrected chi connectivity index (χ0v) is 13.0. The smallest absolute Gasteiger partial charge is 0.177 e. The van der Waals surface area contributed by atoms with Gasteiger partial charge in [-0.25, -0.2) is 0 Å². The predicted molar refractivity (Wildman–Crippen MR) is 76.2 cm³/mol. The summed E-state index contributed by atoms with van der Waals surface area (Å²) in [6.45, 7) is 14.8. The summed E-state index contributed by atoms with van der Waals surface area (Å²) in [5.41, 5.74) is 0.147. The van der Waals surface area contributed by atoms with E-state index < -0.39 is 0 Å². The molecule has 1 heterocycles. The Morgan fingerprint density at radius 1 is 1.24 bits per heavy atom. The first-order valence-electron chi connectivity index (χ1n) is 6.34. The van der Waals surface area contributed by atoms with E-state index in [0.29, 0.717) is 0 Å². The second-order valence-electron chi connectivity index (χ2n) is 6.78. The maximum Gasteiger partial charge on any atom is 0.177 e. The number of rotatable bonds is 3. The maximum absolute atomic E-state index is 5.90. The highest BCUT2D eigenvalue weighted by Crippen LogP contribution is 2.36. The summed E-state index contributed by atoms with van der Waals surface area (Å²) in [6, 6.07) is 0. The van der Waals surface area contributed by atoms with Crippen molar-refractivity contribution in [3.8, 4) is 0 Å². The number of hydrogen-bond acceptors (Lipinski definition) is 2. The monoisotopic (exact) mass is 258 g/mol. The van der Waals surface area contributed by atoms with E-state index >= 15 is 0 Å². The van der Waals surface area contributed by atoms with E-state index in [9.17, 15) is 0 Å². The Morgan fingerprint density at radius 3 is 2.24 bits per heavy atom. The van der Waals surface area contributed by atoms with Gasteiger partial charge in [-0.2, -0.15) is 0 Å². The van der Waals surface area contributed by atoms with Crippen molar-refractivity contribution in [2.24, 2.45) is 5.41 Å². The highest BCUT2D eigenvalue weighted by Gasteiger charge is 2.37. The second kappa shape index (κ2) is 5.38. The van der Waals surface area contributed by atoms with Crippen LogP contribution < -0.4 is 0 Å². The Balaban J connectivity index is 2.70. The van der Waals surface area contributed by atoms with Gasteiger partial charge >= 0.3 is 0 Å². The van der Waals surface area contributed by atoms with Crippen LogP contribution in [0.4, 0.5) is 0 Å². The van der Waals surface area contributed by atoms with Crippen LogP contribution in [0.15, 0.2) is 12.7 Å². The first kappa shape index (κ1) is 15.1. The van der Waals surface area contributed by atoms with Crippen LogP contribution in [0.5, 0.6) is 0 Å². The van der Waals surface area contributed by atoms with Gasteiger partial charge in [0, 0.05) is 6.42 Å². The zero-order chi connectivity index (χ0) is 13.3. The summed E-state index contributed by atoms with van der Waals surface area (Å²) >= 11 is 0. The van der Waals surface area contributed by atoms with Gasteiger partial charge in [0.05, 0.1) is 12.2 Å². The lowest BCUT2D eigenvalue weighted by Gasteiger charge is -2.42. The van der Waals surface area contributed by atoms with Crippen LogP contribution in [-0.2, 0) is 9.47 Å². The lowest BCUT2D eigenvalue weighted by atomic mass is 9.83. The van der Waals surface area contributed by atoms with Crippen molar-refractivity contribution in [2.75, 3.05) is 0 Å². The highest BCUT2D eigenvalue weighted by molar-refractivity contribution is 7.18. The SMILES string of the molecule is C=CC1OC(CC(C)(C)P)CC(C(C)(C)C)O1. The van der Waals surface area contributed by atoms with Crippen molar-refractivity contribution in [2.45, 2.75) is 71.1 Å².